The number of carbonyl (C=O) groups is 2. The maximum Gasteiger partial charge on any atom is 0.338 e. The number of benzene rings is 2. The van der Waals surface area contributed by atoms with Crippen molar-refractivity contribution in [2.75, 3.05) is 6.61 Å². The van der Waals surface area contributed by atoms with Crippen LogP contribution < -0.4 is 4.74 Å². The van der Waals surface area contributed by atoms with Gasteiger partial charge in [0.25, 0.3) is 5.92 Å². The summed E-state index contributed by atoms with van der Waals surface area (Å²) in [6, 6.07) is 16.8. The quantitative estimate of drug-likeness (QED) is 0.482. The fraction of sp³-hybridized carbons (Fsp3) is 0.333. The zero-order valence-electron chi connectivity index (χ0n) is 16.7. The molecule has 0 unspecified atom stereocenters. The molecule has 0 bridgehead atoms. The number of hydrogen-bond donors (Lipinski definition) is 0. The highest BCUT2D eigenvalue weighted by Gasteiger charge is 2.51. The lowest BCUT2D eigenvalue weighted by atomic mass is 9.91. The summed E-state index contributed by atoms with van der Waals surface area (Å²) in [6.45, 7) is -0.821. The largest absolute Gasteiger partial charge is 0.487 e. The van der Waals surface area contributed by atoms with E-state index in [1.54, 1.807) is 60.7 Å². The molecule has 162 valence electrons. The second-order valence-electron chi connectivity index (χ2n) is 7.74. The summed E-state index contributed by atoms with van der Waals surface area (Å²) in [5.41, 5.74) is 0.376. The fourth-order valence-electron chi connectivity index (χ4n) is 4.07. The minimum atomic E-state index is -3.23. The molecule has 7 heteroatoms. The van der Waals surface area contributed by atoms with Gasteiger partial charge in [-0.2, -0.15) is 8.78 Å². The number of carbonyl (C=O) groups excluding carboxylic acids is 2. The van der Waals surface area contributed by atoms with Crippen LogP contribution in [0.3, 0.4) is 0 Å². The van der Waals surface area contributed by atoms with Crippen molar-refractivity contribution < 1.29 is 32.6 Å². The molecule has 2 fully saturated rings. The topological polar surface area (TPSA) is 61.8 Å². The van der Waals surface area contributed by atoms with Crippen LogP contribution in [0.25, 0.3) is 0 Å². The van der Waals surface area contributed by atoms with Gasteiger partial charge in [-0.1, -0.05) is 42.5 Å². The van der Waals surface area contributed by atoms with Crippen molar-refractivity contribution in [1.82, 2.24) is 0 Å². The third kappa shape index (κ3) is 5.10. The van der Waals surface area contributed by atoms with Crippen LogP contribution in [0.5, 0.6) is 5.75 Å². The number of alkyl halides is 2. The molecule has 4 rings (SSSR count). The van der Waals surface area contributed by atoms with Crippen LogP contribution in [-0.4, -0.2) is 36.7 Å². The van der Waals surface area contributed by atoms with Gasteiger partial charge in [0.05, 0.1) is 12.0 Å². The monoisotopic (exact) mass is 428 g/mol. The molecule has 2 aromatic rings. The van der Waals surface area contributed by atoms with Crippen LogP contribution >= 0.6 is 0 Å². The van der Waals surface area contributed by atoms with E-state index in [2.05, 4.69) is 0 Å². The molecule has 2 aliphatic rings. The Morgan fingerprint density at radius 3 is 2.48 bits per heavy atom. The summed E-state index contributed by atoms with van der Waals surface area (Å²) in [7, 11) is 0. The number of hydrogen-bond acceptors (Lipinski definition) is 5. The lowest BCUT2D eigenvalue weighted by Crippen LogP contribution is -2.27. The average Bonchev–Trinajstić information content (AvgIpc) is 3.27. The van der Waals surface area contributed by atoms with Gasteiger partial charge in [-0.15, -0.1) is 0 Å². The standard InChI is InChI=1S/C24H22F2O5/c25-24(26,15-29-17-9-5-2-6-10-17)12-11-18-19-13-22(27)30-21(19)14-20(18)31-23(28)16-7-3-1-4-8-16/h1-12,18-21H,13-15H2/t18-,19+,20-,21-/m1/s1. The van der Waals surface area contributed by atoms with Crippen molar-refractivity contribution in [1.29, 1.82) is 0 Å². The van der Waals surface area contributed by atoms with E-state index >= 15 is 0 Å². The molecule has 2 aromatic carbocycles. The Balaban J connectivity index is 1.45. The molecule has 1 saturated heterocycles. The number of esters is 2. The van der Waals surface area contributed by atoms with E-state index < -0.39 is 36.6 Å². The van der Waals surface area contributed by atoms with Crippen LogP contribution in [-0.2, 0) is 14.3 Å². The highest BCUT2D eigenvalue weighted by atomic mass is 19.3. The second kappa shape index (κ2) is 8.88. The first-order chi connectivity index (χ1) is 14.9. The van der Waals surface area contributed by atoms with Gasteiger partial charge in [0, 0.05) is 18.3 Å². The van der Waals surface area contributed by atoms with E-state index in [1.807, 2.05) is 0 Å². The van der Waals surface area contributed by atoms with Gasteiger partial charge in [-0.3, -0.25) is 4.79 Å². The highest BCUT2D eigenvalue weighted by molar-refractivity contribution is 5.89. The van der Waals surface area contributed by atoms with Gasteiger partial charge in [0.2, 0.25) is 0 Å². The Morgan fingerprint density at radius 2 is 1.77 bits per heavy atom. The third-order valence-electron chi connectivity index (χ3n) is 5.56. The molecule has 5 nitrogen and oxygen atoms in total. The van der Waals surface area contributed by atoms with Gasteiger partial charge >= 0.3 is 11.9 Å². The molecule has 1 heterocycles. The van der Waals surface area contributed by atoms with Gasteiger partial charge in [0.1, 0.15) is 18.0 Å². The number of fused-ring (bicyclic) bond motifs is 1. The van der Waals surface area contributed by atoms with E-state index in [0.29, 0.717) is 11.3 Å². The predicted octanol–water partition coefficient (Wildman–Crippen LogP) is 4.43. The molecule has 4 atom stereocenters. The summed E-state index contributed by atoms with van der Waals surface area (Å²) in [5, 5.41) is 0. The fourth-order valence-corrected chi connectivity index (χ4v) is 4.07. The van der Waals surface area contributed by atoms with Crippen LogP contribution in [0.1, 0.15) is 23.2 Å². The first-order valence-corrected chi connectivity index (χ1v) is 10.1. The Bertz CT molecular complexity index is 945. The normalized spacial score (nSPS) is 25.3. The first kappa shape index (κ1) is 21.0. The zero-order chi connectivity index (χ0) is 21.8. The molecule has 1 saturated carbocycles. The SMILES string of the molecule is O=C1C[C@H]2[C@@H](C=CC(F)(F)COc3ccccc3)[C@H](OC(=O)c3ccccc3)C[C@H]2O1. The van der Waals surface area contributed by atoms with Gasteiger partial charge in [-0.05, 0) is 30.3 Å². The minimum absolute atomic E-state index is 0.116. The van der Waals surface area contributed by atoms with Crippen LogP contribution in [0.2, 0.25) is 0 Å². The molecule has 31 heavy (non-hydrogen) atoms. The van der Waals surface area contributed by atoms with Crippen molar-refractivity contribution >= 4 is 11.9 Å². The molecule has 0 amide bonds. The summed E-state index contributed by atoms with van der Waals surface area (Å²) in [6.07, 6.45) is 1.42. The Hall–Kier alpha value is -3.22. The maximum absolute atomic E-state index is 14.4. The molecular weight excluding hydrogens is 406 g/mol. The maximum atomic E-state index is 14.4. The summed E-state index contributed by atoms with van der Waals surface area (Å²) in [4.78, 5) is 24.2. The lowest BCUT2D eigenvalue weighted by molar-refractivity contribution is -0.141. The molecule has 0 aromatic heterocycles. The average molecular weight is 428 g/mol. The van der Waals surface area contributed by atoms with Crippen molar-refractivity contribution in [3.05, 3.63) is 78.4 Å². The van der Waals surface area contributed by atoms with E-state index in [4.69, 9.17) is 14.2 Å². The van der Waals surface area contributed by atoms with E-state index in [0.717, 1.165) is 6.08 Å². The van der Waals surface area contributed by atoms with E-state index in [1.165, 1.54) is 6.08 Å². The Kier molecular flexibility index (Phi) is 6.02. The third-order valence-corrected chi connectivity index (χ3v) is 5.56. The van der Waals surface area contributed by atoms with Gasteiger partial charge in [0.15, 0.2) is 6.61 Å². The molecule has 0 N–H and O–H groups in total. The number of ether oxygens (including phenoxy) is 3. The number of para-hydroxylation sites is 1. The van der Waals surface area contributed by atoms with Crippen molar-refractivity contribution in [2.45, 2.75) is 31.0 Å². The summed E-state index contributed by atoms with van der Waals surface area (Å²) < 4.78 is 44.9. The zero-order valence-corrected chi connectivity index (χ0v) is 16.7. The van der Waals surface area contributed by atoms with Crippen LogP contribution in [0.15, 0.2) is 72.8 Å². The molecular formula is C24H22F2O5. The minimum Gasteiger partial charge on any atom is -0.487 e. The number of rotatable bonds is 7. The van der Waals surface area contributed by atoms with Crippen LogP contribution in [0, 0.1) is 11.8 Å². The summed E-state index contributed by atoms with van der Waals surface area (Å²) >= 11 is 0. The van der Waals surface area contributed by atoms with Crippen LogP contribution in [0.4, 0.5) is 8.78 Å². The Labute approximate surface area is 178 Å². The highest BCUT2D eigenvalue weighted by Crippen LogP contribution is 2.44. The van der Waals surface area contributed by atoms with E-state index in [9.17, 15) is 18.4 Å². The first-order valence-electron chi connectivity index (χ1n) is 10.1. The smallest absolute Gasteiger partial charge is 0.338 e. The van der Waals surface area contributed by atoms with Crippen molar-refractivity contribution in [2.24, 2.45) is 11.8 Å². The van der Waals surface area contributed by atoms with Gasteiger partial charge in [-0.25, -0.2) is 4.79 Å². The van der Waals surface area contributed by atoms with Crippen molar-refractivity contribution in [3.8, 4) is 5.75 Å². The summed E-state index contributed by atoms with van der Waals surface area (Å²) in [5.74, 6) is -4.63. The predicted molar refractivity (Wildman–Crippen MR) is 108 cm³/mol. The molecule has 1 aliphatic heterocycles. The number of halogens is 2. The lowest BCUT2D eigenvalue weighted by Gasteiger charge is -2.21. The molecule has 0 radical (unpaired) electrons. The molecule has 0 spiro atoms. The van der Waals surface area contributed by atoms with E-state index in [-0.39, 0.29) is 24.7 Å². The molecule has 1 aliphatic carbocycles. The van der Waals surface area contributed by atoms with Gasteiger partial charge < -0.3 is 14.2 Å². The Morgan fingerprint density at radius 1 is 1.10 bits per heavy atom. The second-order valence-corrected chi connectivity index (χ2v) is 7.74. The van der Waals surface area contributed by atoms with Crippen molar-refractivity contribution in [3.63, 3.8) is 0 Å².